The lowest BCUT2D eigenvalue weighted by Crippen LogP contribution is -2.46. The molecule has 0 amide bonds. The monoisotopic (exact) mass is 367 g/mol. The van der Waals surface area contributed by atoms with Gasteiger partial charge in [0.15, 0.2) is 11.5 Å². The molecular formula is C20H30ClNO3. The molecule has 140 valence electrons. The number of hydrogen-bond donors (Lipinski definition) is 1. The molecule has 1 aromatic rings. The van der Waals surface area contributed by atoms with E-state index >= 15 is 0 Å². The number of aliphatic hydroxyl groups excluding tert-OH is 1. The van der Waals surface area contributed by atoms with Crippen LogP contribution in [0.25, 0.3) is 0 Å². The fraction of sp³-hybridized carbons (Fsp3) is 0.700. The second kappa shape index (κ2) is 8.15. The lowest BCUT2D eigenvalue weighted by molar-refractivity contribution is -0.0122. The van der Waals surface area contributed by atoms with Gasteiger partial charge in [0, 0.05) is 35.2 Å². The largest absolute Gasteiger partial charge is 0.493 e. The molecular weight excluding hydrogens is 338 g/mol. The van der Waals surface area contributed by atoms with Crippen LogP contribution in [0.1, 0.15) is 51.0 Å². The number of piperidine rings is 1. The summed E-state index contributed by atoms with van der Waals surface area (Å²) in [5.41, 5.74) is 1.16. The van der Waals surface area contributed by atoms with Crippen LogP contribution in [0.2, 0.25) is 5.02 Å². The van der Waals surface area contributed by atoms with Gasteiger partial charge >= 0.3 is 0 Å². The van der Waals surface area contributed by atoms with Gasteiger partial charge in [0.2, 0.25) is 0 Å². The Hall–Kier alpha value is -0.970. The first kappa shape index (κ1) is 18.8. The predicted molar refractivity (Wildman–Crippen MR) is 101 cm³/mol. The van der Waals surface area contributed by atoms with Crippen molar-refractivity contribution in [2.24, 2.45) is 5.41 Å². The lowest BCUT2D eigenvalue weighted by Gasteiger charge is -2.42. The maximum Gasteiger partial charge on any atom is 0.165 e. The van der Waals surface area contributed by atoms with Crippen LogP contribution in [0, 0.1) is 5.41 Å². The summed E-state index contributed by atoms with van der Waals surface area (Å²) < 4.78 is 11.5. The third-order valence-electron chi connectivity index (χ3n) is 5.71. The van der Waals surface area contributed by atoms with Crippen LogP contribution in [0.15, 0.2) is 12.1 Å². The van der Waals surface area contributed by atoms with Gasteiger partial charge in [-0.25, -0.2) is 0 Å². The SMILES string of the molecule is CCCOc1c(CN2CCC[C@@]3(CCC[C@H]3O)C2)cc(Cl)cc1OC. The van der Waals surface area contributed by atoms with Crippen LogP contribution < -0.4 is 9.47 Å². The van der Waals surface area contributed by atoms with E-state index in [2.05, 4.69) is 11.8 Å². The molecule has 0 aromatic heterocycles. The molecule has 5 heteroatoms. The zero-order valence-electron chi connectivity index (χ0n) is 15.4. The number of nitrogens with zero attached hydrogens (tertiary/aromatic N) is 1. The molecule has 1 saturated carbocycles. The molecule has 1 spiro atoms. The number of ether oxygens (including phenoxy) is 2. The van der Waals surface area contributed by atoms with Gasteiger partial charge in [-0.15, -0.1) is 0 Å². The molecule has 25 heavy (non-hydrogen) atoms. The van der Waals surface area contributed by atoms with Crippen molar-refractivity contribution in [1.82, 2.24) is 4.90 Å². The topological polar surface area (TPSA) is 41.9 Å². The number of likely N-dealkylation sites (tertiary alicyclic amines) is 1. The number of benzene rings is 1. The Morgan fingerprint density at radius 3 is 2.80 bits per heavy atom. The van der Waals surface area contributed by atoms with E-state index in [0.717, 1.165) is 69.5 Å². The zero-order valence-corrected chi connectivity index (χ0v) is 16.1. The first-order valence-electron chi connectivity index (χ1n) is 9.47. The number of hydrogen-bond acceptors (Lipinski definition) is 4. The van der Waals surface area contributed by atoms with Gasteiger partial charge in [0.25, 0.3) is 0 Å². The molecule has 0 radical (unpaired) electrons. The Labute approximate surface area is 156 Å². The van der Waals surface area contributed by atoms with Crippen LogP contribution in [0.3, 0.4) is 0 Å². The van der Waals surface area contributed by atoms with Crippen molar-refractivity contribution in [3.63, 3.8) is 0 Å². The molecule has 0 bridgehead atoms. The van der Waals surface area contributed by atoms with Crippen LogP contribution in [0.5, 0.6) is 11.5 Å². The fourth-order valence-electron chi connectivity index (χ4n) is 4.49. The van der Waals surface area contributed by atoms with Crippen molar-refractivity contribution in [1.29, 1.82) is 0 Å². The van der Waals surface area contributed by atoms with E-state index in [0.29, 0.717) is 17.4 Å². The number of halogens is 1. The molecule has 1 aromatic carbocycles. The van der Waals surface area contributed by atoms with Crippen LogP contribution in [-0.4, -0.2) is 42.9 Å². The Bertz CT molecular complexity index is 595. The summed E-state index contributed by atoms with van der Waals surface area (Å²) in [6, 6.07) is 3.80. The van der Waals surface area contributed by atoms with Crippen LogP contribution >= 0.6 is 11.6 Å². The molecule has 1 saturated heterocycles. The third-order valence-corrected chi connectivity index (χ3v) is 5.93. The molecule has 0 unspecified atom stereocenters. The minimum atomic E-state index is -0.153. The summed E-state index contributed by atoms with van der Waals surface area (Å²) in [5, 5.41) is 11.2. The lowest BCUT2D eigenvalue weighted by atomic mass is 9.76. The summed E-state index contributed by atoms with van der Waals surface area (Å²) in [6.07, 6.45) is 6.31. The second-order valence-electron chi connectivity index (χ2n) is 7.53. The Balaban J connectivity index is 1.80. The van der Waals surface area contributed by atoms with Gasteiger partial charge in [-0.3, -0.25) is 4.90 Å². The molecule has 1 N–H and O–H groups in total. The summed E-state index contributed by atoms with van der Waals surface area (Å²) in [4.78, 5) is 2.45. The van der Waals surface area contributed by atoms with Gasteiger partial charge in [-0.1, -0.05) is 24.9 Å². The maximum atomic E-state index is 10.5. The van der Waals surface area contributed by atoms with E-state index in [1.54, 1.807) is 7.11 Å². The van der Waals surface area contributed by atoms with Gasteiger partial charge in [-0.2, -0.15) is 0 Å². The van der Waals surface area contributed by atoms with Crippen molar-refractivity contribution >= 4 is 11.6 Å². The molecule has 2 fully saturated rings. The summed E-state index contributed by atoms with van der Waals surface area (Å²) in [6.45, 7) is 5.54. The second-order valence-corrected chi connectivity index (χ2v) is 7.97. The van der Waals surface area contributed by atoms with Crippen LogP contribution in [0.4, 0.5) is 0 Å². The Kier molecular flexibility index (Phi) is 6.13. The summed E-state index contributed by atoms with van der Waals surface area (Å²) >= 11 is 6.30. The highest BCUT2D eigenvalue weighted by molar-refractivity contribution is 6.30. The smallest absolute Gasteiger partial charge is 0.165 e. The standard InChI is InChI=1S/C20H30ClNO3/c1-3-10-25-19-15(11-16(21)12-17(19)24-2)13-22-9-5-8-20(14-22)7-4-6-18(20)23/h11-12,18,23H,3-10,13-14H2,1-2H3/t18-,20+/m1/s1. The molecule has 2 aliphatic rings. The van der Waals surface area contributed by atoms with Gasteiger partial charge < -0.3 is 14.6 Å². The molecule has 2 atom stereocenters. The third kappa shape index (κ3) is 4.07. The van der Waals surface area contributed by atoms with E-state index in [-0.39, 0.29) is 11.5 Å². The molecule has 1 heterocycles. The van der Waals surface area contributed by atoms with E-state index in [4.69, 9.17) is 21.1 Å². The van der Waals surface area contributed by atoms with Gasteiger partial charge in [-0.05, 0) is 44.7 Å². The fourth-order valence-corrected chi connectivity index (χ4v) is 4.72. The molecule has 3 rings (SSSR count). The van der Waals surface area contributed by atoms with Gasteiger partial charge in [0.05, 0.1) is 19.8 Å². The normalized spacial score (nSPS) is 27.0. The first-order valence-corrected chi connectivity index (χ1v) is 9.85. The van der Waals surface area contributed by atoms with Crippen molar-refractivity contribution in [2.45, 2.75) is 58.1 Å². The zero-order chi connectivity index (χ0) is 17.9. The molecule has 1 aliphatic carbocycles. The minimum Gasteiger partial charge on any atom is -0.493 e. The molecule has 1 aliphatic heterocycles. The van der Waals surface area contributed by atoms with E-state index in [1.807, 2.05) is 12.1 Å². The van der Waals surface area contributed by atoms with Crippen molar-refractivity contribution < 1.29 is 14.6 Å². The molecule has 4 nitrogen and oxygen atoms in total. The predicted octanol–water partition coefficient (Wildman–Crippen LogP) is 4.26. The average molecular weight is 368 g/mol. The summed E-state index contributed by atoms with van der Waals surface area (Å²) in [7, 11) is 1.65. The Morgan fingerprint density at radius 2 is 2.12 bits per heavy atom. The quantitative estimate of drug-likeness (QED) is 0.815. The van der Waals surface area contributed by atoms with E-state index in [9.17, 15) is 5.11 Å². The van der Waals surface area contributed by atoms with E-state index in [1.165, 1.54) is 0 Å². The maximum absolute atomic E-state index is 10.5. The Morgan fingerprint density at radius 1 is 1.32 bits per heavy atom. The minimum absolute atomic E-state index is 0.0886. The van der Waals surface area contributed by atoms with Crippen LogP contribution in [-0.2, 0) is 6.54 Å². The van der Waals surface area contributed by atoms with Crippen molar-refractivity contribution in [3.05, 3.63) is 22.7 Å². The highest BCUT2D eigenvalue weighted by Crippen LogP contribution is 2.46. The number of methoxy groups -OCH3 is 1. The highest BCUT2D eigenvalue weighted by atomic mass is 35.5. The number of aliphatic hydroxyl groups is 1. The van der Waals surface area contributed by atoms with Crippen molar-refractivity contribution in [2.75, 3.05) is 26.8 Å². The first-order chi connectivity index (χ1) is 12.1. The van der Waals surface area contributed by atoms with Gasteiger partial charge in [0.1, 0.15) is 0 Å². The summed E-state index contributed by atoms with van der Waals surface area (Å²) in [5.74, 6) is 1.50. The highest BCUT2D eigenvalue weighted by Gasteiger charge is 2.44. The average Bonchev–Trinajstić information content (AvgIpc) is 2.93. The van der Waals surface area contributed by atoms with Crippen molar-refractivity contribution in [3.8, 4) is 11.5 Å². The van der Waals surface area contributed by atoms with E-state index < -0.39 is 0 Å². The number of rotatable bonds is 6.